The van der Waals surface area contributed by atoms with E-state index in [0.29, 0.717) is 6.54 Å². The Morgan fingerprint density at radius 3 is 2.50 bits per heavy atom. The van der Waals surface area contributed by atoms with Crippen molar-refractivity contribution in [2.24, 2.45) is 5.73 Å². The largest absolute Gasteiger partial charge is 0.364 e. The van der Waals surface area contributed by atoms with E-state index in [2.05, 4.69) is 22.4 Å². The third kappa shape index (κ3) is 3.80. The molecule has 1 saturated heterocycles. The maximum Gasteiger partial charge on any atom is 0.249 e. The molecular formula is C19H23N3O2. The topological polar surface area (TPSA) is 77.2 Å². The van der Waals surface area contributed by atoms with Gasteiger partial charge in [0, 0.05) is 18.9 Å². The van der Waals surface area contributed by atoms with Gasteiger partial charge in [-0.3, -0.25) is 9.78 Å². The molecule has 1 amide bonds. The van der Waals surface area contributed by atoms with Crippen LogP contribution in [0.4, 0.5) is 0 Å². The number of aromatic nitrogens is 1. The number of pyridine rings is 1. The Hall–Kier alpha value is -2.24. The van der Waals surface area contributed by atoms with Crippen LogP contribution in [-0.4, -0.2) is 29.6 Å². The van der Waals surface area contributed by atoms with E-state index in [0.717, 1.165) is 29.5 Å². The van der Waals surface area contributed by atoms with Gasteiger partial charge in [-0.05, 0) is 48.6 Å². The van der Waals surface area contributed by atoms with Crippen LogP contribution in [0.25, 0.3) is 11.1 Å². The van der Waals surface area contributed by atoms with Crippen LogP contribution in [0.5, 0.6) is 0 Å². The Morgan fingerprint density at radius 2 is 1.88 bits per heavy atom. The normalized spacial score (nSPS) is 21.4. The minimum absolute atomic E-state index is 0.00991. The molecule has 1 aromatic heterocycles. The second kappa shape index (κ2) is 7.55. The molecule has 1 unspecified atom stereocenters. The molecule has 0 spiro atoms. The molecule has 0 aliphatic carbocycles. The monoisotopic (exact) mass is 325 g/mol. The van der Waals surface area contributed by atoms with Crippen LogP contribution in [0.1, 0.15) is 31.4 Å². The van der Waals surface area contributed by atoms with Crippen molar-refractivity contribution < 1.29 is 9.53 Å². The first-order chi connectivity index (χ1) is 11.7. The summed E-state index contributed by atoms with van der Waals surface area (Å²) in [5, 5.41) is 3.03. The molecule has 5 heteroatoms. The second-order valence-corrected chi connectivity index (χ2v) is 6.15. The molecule has 5 nitrogen and oxygen atoms in total. The Morgan fingerprint density at radius 1 is 1.21 bits per heavy atom. The highest BCUT2D eigenvalue weighted by molar-refractivity contribution is 5.81. The van der Waals surface area contributed by atoms with Crippen molar-refractivity contribution in [3.8, 4) is 11.1 Å². The Balaban J connectivity index is 1.61. The SMILES string of the molecule is CC(NC(=O)[C@@H]1CC[C@H](CN)O1)c1ccc(-c2ccncc2)cc1. The van der Waals surface area contributed by atoms with E-state index in [1.165, 1.54) is 0 Å². The summed E-state index contributed by atoms with van der Waals surface area (Å²) < 4.78 is 5.64. The number of nitrogens with one attached hydrogen (secondary N) is 1. The van der Waals surface area contributed by atoms with E-state index in [1.54, 1.807) is 12.4 Å². The van der Waals surface area contributed by atoms with Gasteiger partial charge in [-0.2, -0.15) is 0 Å². The first-order valence-electron chi connectivity index (χ1n) is 8.33. The number of carbonyl (C=O) groups excluding carboxylic acids is 1. The smallest absolute Gasteiger partial charge is 0.249 e. The van der Waals surface area contributed by atoms with Crippen molar-refractivity contribution in [2.75, 3.05) is 6.54 Å². The lowest BCUT2D eigenvalue weighted by atomic mass is 10.0. The Bertz CT molecular complexity index is 673. The highest BCUT2D eigenvalue weighted by atomic mass is 16.5. The lowest BCUT2D eigenvalue weighted by molar-refractivity contribution is -0.132. The summed E-state index contributed by atoms with van der Waals surface area (Å²) in [6.45, 7) is 2.45. The van der Waals surface area contributed by atoms with E-state index in [1.807, 2.05) is 31.2 Å². The van der Waals surface area contributed by atoms with Crippen molar-refractivity contribution in [1.29, 1.82) is 0 Å². The maximum atomic E-state index is 12.3. The summed E-state index contributed by atoms with van der Waals surface area (Å²) in [4.78, 5) is 16.3. The fourth-order valence-corrected chi connectivity index (χ4v) is 2.97. The van der Waals surface area contributed by atoms with E-state index in [4.69, 9.17) is 10.5 Å². The Kier molecular flexibility index (Phi) is 5.23. The molecule has 1 aromatic carbocycles. The van der Waals surface area contributed by atoms with Gasteiger partial charge in [0.2, 0.25) is 5.91 Å². The summed E-state index contributed by atoms with van der Waals surface area (Å²) in [5.41, 5.74) is 8.91. The van der Waals surface area contributed by atoms with Gasteiger partial charge in [0.1, 0.15) is 6.10 Å². The zero-order chi connectivity index (χ0) is 16.9. The number of amides is 1. The number of nitrogens with zero attached hydrogens (tertiary/aromatic N) is 1. The minimum atomic E-state index is -0.378. The quantitative estimate of drug-likeness (QED) is 0.885. The third-order valence-electron chi connectivity index (χ3n) is 4.45. The predicted octanol–water partition coefficient (Wildman–Crippen LogP) is 2.43. The van der Waals surface area contributed by atoms with Crippen molar-refractivity contribution in [3.63, 3.8) is 0 Å². The molecule has 0 radical (unpaired) electrons. The first kappa shape index (κ1) is 16.6. The molecule has 2 heterocycles. The zero-order valence-corrected chi connectivity index (χ0v) is 13.8. The molecular weight excluding hydrogens is 302 g/mol. The summed E-state index contributed by atoms with van der Waals surface area (Å²) in [5.74, 6) is -0.0586. The number of hydrogen-bond donors (Lipinski definition) is 2. The number of ether oxygens (including phenoxy) is 1. The van der Waals surface area contributed by atoms with Gasteiger partial charge in [-0.15, -0.1) is 0 Å². The van der Waals surface area contributed by atoms with Crippen LogP contribution < -0.4 is 11.1 Å². The van der Waals surface area contributed by atoms with Crippen LogP contribution in [-0.2, 0) is 9.53 Å². The van der Waals surface area contributed by atoms with Crippen molar-refractivity contribution in [1.82, 2.24) is 10.3 Å². The van der Waals surface area contributed by atoms with Gasteiger partial charge in [0.25, 0.3) is 0 Å². The molecule has 24 heavy (non-hydrogen) atoms. The Labute approximate surface area is 142 Å². The zero-order valence-electron chi connectivity index (χ0n) is 13.8. The van der Waals surface area contributed by atoms with Gasteiger partial charge in [0.15, 0.2) is 0 Å². The summed E-state index contributed by atoms with van der Waals surface area (Å²) >= 11 is 0. The van der Waals surface area contributed by atoms with Crippen molar-refractivity contribution in [2.45, 2.75) is 38.0 Å². The number of benzene rings is 1. The number of hydrogen-bond acceptors (Lipinski definition) is 4. The van der Waals surface area contributed by atoms with E-state index in [9.17, 15) is 4.79 Å². The summed E-state index contributed by atoms with van der Waals surface area (Å²) in [6.07, 6.45) is 4.78. The van der Waals surface area contributed by atoms with Gasteiger partial charge in [-0.25, -0.2) is 0 Å². The molecule has 3 rings (SSSR count). The van der Waals surface area contributed by atoms with Gasteiger partial charge >= 0.3 is 0 Å². The van der Waals surface area contributed by atoms with Crippen LogP contribution in [0.2, 0.25) is 0 Å². The van der Waals surface area contributed by atoms with Crippen LogP contribution >= 0.6 is 0 Å². The minimum Gasteiger partial charge on any atom is -0.364 e. The standard InChI is InChI=1S/C19H23N3O2/c1-13(22-19(23)18-7-6-17(12-20)24-18)14-2-4-15(5-3-14)16-8-10-21-11-9-16/h2-5,8-11,13,17-18H,6-7,12,20H2,1H3,(H,22,23)/t13?,17-,18+/m1/s1. The lowest BCUT2D eigenvalue weighted by Gasteiger charge is -2.18. The van der Waals surface area contributed by atoms with Crippen LogP contribution in [0.3, 0.4) is 0 Å². The van der Waals surface area contributed by atoms with Crippen molar-refractivity contribution >= 4 is 5.91 Å². The van der Waals surface area contributed by atoms with Gasteiger partial charge in [-0.1, -0.05) is 24.3 Å². The summed E-state index contributed by atoms with van der Waals surface area (Å²) in [7, 11) is 0. The lowest BCUT2D eigenvalue weighted by Crippen LogP contribution is -2.36. The molecule has 1 aliphatic heterocycles. The molecule has 1 fully saturated rings. The summed E-state index contributed by atoms with van der Waals surface area (Å²) in [6, 6.07) is 12.1. The molecule has 3 atom stereocenters. The van der Waals surface area contributed by atoms with Crippen molar-refractivity contribution in [3.05, 3.63) is 54.4 Å². The molecule has 1 aliphatic rings. The molecule has 0 bridgehead atoms. The maximum absolute atomic E-state index is 12.3. The fraction of sp³-hybridized carbons (Fsp3) is 0.368. The average Bonchev–Trinajstić information content (AvgIpc) is 3.12. The number of carbonyl (C=O) groups is 1. The molecule has 3 N–H and O–H groups in total. The molecule has 2 aromatic rings. The molecule has 126 valence electrons. The predicted molar refractivity (Wildman–Crippen MR) is 93.2 cm³/mol. The fourth-order valence-electron chi connectivity index (χ4n) is 2.97. The first-order valence-corrected chi connectivity index (χ1v) is 8.33. The number of rotatable bonds is 5. The van der Waals surface area contributed by atoms with E-state index < -0.39 is 0 Å². The van der Waals surface area contributed by atoms with Gasteiger partial charge < -0.3 is 15.8 Å². The average molecular weight is 325 g/mol. The third-order valence-corrected chi connectivity index (χ3v) is 4.45. The highest BCUT2D eigenvalue weighted by Crippen LogP contribution is 2.23. The van der Waals surface area contributed by atoms with Crippen LogP contribution in [0, 0.1) is 0 Å². The molecule has 0 saturated carbocycles. The number of nitrogens with two attached hydrogens (primary N) is 1. The second-order valence-electron chi connectivity index (χ2n) is 6.15. The highest BCUT2D eigenvalue weighted by Gasteiger charge is 2.30. The van der Waals surface area contributed by atoms with Gasteiger partial charge in [0.05, 0.1) is 12.1 Å². The van der Waals surface area contributed by atoms with Crippen LogP contribution in [0.15, 0.2) is 48.8 Å². The van der Waals surface area contributed by atoms with E-state index >= 15 is 0 Å². The van der Waals surface area contributed by atoms with E-state index in [-0.39, 0.29) is 24.2 Å².